The van der Waals surface area contributed by atoms with E-state index in [-0.39, 0.29) is 6.04 Å². The summed E-state index contributed by atoms with van der Waals surface area (Å²) >= 11 is 0. The summed E-state index contributed by atoms with van der Waals surface area (Å²) in [6, 6.07) is 6.69. The predicted octanol–water partition coefficient (Wildman–Crippen LogP) is 2.37. The highest BCUT2D eigenvalue weighted by Crippen LogP contribution is 2.19. The first-order valence-corrected chi connectivity index (χ1v) is 8.01. The fraction of sp³-hybridized carbons (Fsp3) is 0.571. The number of benzene rings is 1. The number of sulfonamides is 1. The molecule has 1 rings (SSSR count). The lowest BCUT2D eigenvalue weighted by atomic mass is 10.1. The van der Waals surface area contributed by atoms with Crippen LogP contribution >= 0.6 is 0 Å². The Bertz CT molecular complexity index is 510. The van der Waals surface area contributed by atoms with Crippen LogP contribution in [0, 0.1) is 5.92 Å². The molecule has 0 bridgehead atoms. The van der Waals surface area contributed by atoms with Crippen LogP contribution in [0.1, 0.15) is 38.8 Å². The van der Waals surface area contributed by atoms with Gasteiger partial charge in [0.05, 0.1) is 4.90 Å². The third kappa shape index (κ3) is 4.30. The zero-order chi connectivity index (χ0) is 14.6. The van der Waals surface area contributed by atoms with Gasteiger partial charge in [-0.2, -0.15) is 0 Å². The van der Waals surface area contributed by atoms with Crippen molar-refractivity contribution in [3.63, 3.8) is 0 Å². The molecule has 0 aliphatic rings. The lowest BCUT2D eigenvalue weighted by Gasteiger charge is -2.19. The molecule has 0 radical (unpaired) electrons. The van der Waals surface area contributed by atoms with Crippen molar-refractivity contribution in [2.75, 3.05) is 13.6 Å². The van der Waals surface area contributed by atoms with Crippen molar-refractivity contribution in [1.82, 2.24) is 4.31 Å². The number of hydrogen-bond donors (Lipinski definition) is 1. The summed E-state index contributed by atoms with van der Waals surface area (Å²) in [4.78, 5) is 0.313. The van der Waals surface area contributed by atoms with Gasteiger partial charge in [-0.25, -0.2) is 12.7 Å². The zero-order valence-electron chi connectivity index (χ0n) is 12.1. The van der Waals surface area contributed by atoms with E-state index in [0.717, 1.165) is 12.0 Å². The van der Waals surface area contributed by atoms with Crippen LogP contribution in [0.4, 0.5) is 0 Å². The van der Waals surface area contributed by atoms with Crippen molar-refractivity contribution in [3.8, 4) is 0 Å². The van der Waals surface area contributed by atoms with Gasteiger partial charge in [-0.3, -0.25) is 0 Å². The Morgan fingerprint density at radius 3 is 2.42 bits per heavy atom. The molecule has 19 heavy (non-hydrogen) atoms. The molecule has 0 spiro atoms. The van der Waals surface area contributed by atoms with Gasteiger partial charge >= 0.3 is 0 Å². The minimum Gasteiger partial charge on any atom is -0.324 e. The van der Waals surface area contributed by atoms with Gasteiger partial charge in [0.25, 0.3) is 0 Å². The topological polar surface area (TPSA) is 63.4 Å². The summed E-state index contributed by atoms with van der Waals surface area (Å²) in [6.45, 7) is 6.53. The first kappa shape index (κ1) is 16.1. The average molecular weight is 284 g/mol. The molecule has 0 fully saturated rings. The van der Waals surface area contributed by atoms with Gasteiger partial charge in [0, 0.05) is 19.6 Å². The van der Waals surface area contributed by atoms with Crippen LogP contribution in [0.3, 0.4) is 0 Å². The molecular formula is C14H24N2O2S. The van der Waals surface area contributed by atoms with E-state index in [1.165, 1.54) is 4.31 Å². The molecule has 2 N–H and O–H groups in total. The molecule has 108 valence electrons. The van der Waals surface area contributed by atoms with Crippen LogP contribution in [0.25, 0.3) is 0 Å². The smallest absolute Gasteiger partial charge is 0.242 e. The Hall–Kier alpha value is -0.910. The second-order valence-corrected chi connectivity index (χ2v) is 7.42. The second kappa shape index (κ2) is 6.50. The zero-order valence-corrected chi connectivity index (χ0v) is 12.9. The van der Waals surface area contributed by atoms with Gasteiger partial charge in [-0.1, -0.05) is 26.0 Å². The van der Waals surface area contributed by atoms with Crippen molar-refractivity contribution < 1.29 is 8.42 Å². The Balaban J connectivity index is 2.96. The first-order chi connectivity index (χ1) is 8.75. The van der Waals surface area contributed by atoms with E-state index in [2.05, 4.69) is 13.8 Å². The average Bonchev–Trinajstić information content (AvgIpc) is 2.35. The molecule has 1 aromatic rings. The molecule has 0 amide bonds. The highest BCUT2D eigenvalue weighted by molar-refractivity contribution is 7.89. The Kier molecular flexibility index (Phi) is 5.52. The van der Waals surface area contributed by atoms with Crippen LogP contribution in [0.15, 0.2) is 29.2 Å². The van der Waals surface area contributed by atoms with Crippen molar-refractivity contribution in [2.45, 2.75) is 38.1 Å². The molecule has 0 saturated heterocycles. The number of rotatable bonds is 6. The third-order valence-corrected chi connectivity index (χ3v) is 4.97. The van der Waals surface area contributed by atoms with Crippen LogP contribution in [-0.2, 0) is 10.0 Å². The fourth-order valence-corrected chi connectivity index (χ4v) is 2.94. The van der Waals surface area contributed by atoms with Gasteiger partial charge in [0.1, 0.15) is 0 Å². The van der Waals surface area contributed by atoms with Crippen LogP contribution in [0.2, 0.25) is 0 Å². The van der Waals surface area contributed by atoms with Gasteiger partial charge < -0.3 is 5.73 Å². The Labute approximate surface area is 116 Å². The predicted molar refractivity (Wildman–Crippen MR) is 78.3 cm³/mol. The number of nitrogens with two attached hydrogens (primary N) is 1. The van der Waals surface area contributed by atoms with Crippen molar-refractivity contribution in [3.05, 3.63) is 29.8 Å². The molecule has 0 aliphatic carbocycles. The summed E-state index contributed by atoms with van der Waals surface area (Å²) in [5, 5.41) is 0. The van der Waals surface area contributed by atoms with E-state index >= 15 is 0 Å². The van der Waals surface area contributed by atoms with Gasteiger partial charge in [0.15, 0.2) is 0 Å². The molecule has 1 unspecified atom stereocenters. The molecule has 4 nitrogen and oxygen atoms in total. The van der Waals surface area contributed by atoms with E-state index in [1.54, 1.807) is 25.2 Å². The van der Waals surface area contributed by atoms with Crippen LogP contribution in [0.5, 0.6) is 0 Å². The standard InChI is InChI=1S/C14H24N2O2S/c1-11(2)8-9-16(4)19(17,18)14-7-5-6-13(10-14)12(3)15/h5-7,10-12H,8-9,15H2,1-4H3. The van der Waals surface area contributed by atoms with Gasteiger partial charge in [0.2, 0.25) is 10.0 Å². The molecule has 1 atom stereocenters. The van der Waals surface area contributed by atoms with E-state index in [9.17, 15) is 8.42 Å². The lowest BCUT2D eigenvalue weighted by molar-refractivity contribution is 0.428. The Morgan fingerprint density at radius 2 is 1.89 bits per heavy atom. The van der Waals surface area contributed by atoms with Crippen LogP contribution in [-0.4, -0.2) is 26.3 Å². The van der Waals surface area contributed by atoms with E-state index in [0.29, 0.717) is 17.4 Å². The summed E-state index contributed by atoms with van der Waals surface area (Å²) in [7, 11) is -1.79. The monoisotopic (exact) mass is 284 g/mol. The minimum atomic E-state index is -3.41. The maximum Gasteiger partial charge on any atom is 0.242 e. The van der Waals surface area contributed by atoms with E-state index < -0.39 is 10.0 Å². The normalized spacial score (nSPS) is 14.1. The highest BCUT2D eigenvalue weighted by atomic mass is 32.2. The third-order valence-electron chi connectivity index (χ3n) is 3.11. The van der Waals surface area contributed by atoms with Crippen LogP contribution < -0.4 is 5.73 Å². The highest BCUT2D eigenvalue weighted by Gasteiger charge is 2.21. The van der Waals surface area contributed by atoms with Gasteiger partial charge in [-0.15, -0.1) is 0 Å². The first-order valence-electron chi connectivity index (χ1n) is 6.57. The number of nitrogens with zero attached hydrogens (tertiary/aromatic N) is 1. The molecule has 0 aromatic heterocycles. The molecule has 0 aliphatic heterocycles. The summed E-state index contributed by atoms with van der Waals surface area (Å²) in [6.07, 6.45) is 0.850. The number of hydrogen-bond acceptors (Lipinski definition) is 3. The molecule has 5 heteroatoms. The lowest BCUT2D eigenvalue weighted by Crippen LogP contribution is -2.28. The van der Waals surface area contributed by atoms with Crippen molar-refractivity contribution in [2.24, 2.45) is 11.7 Å². The maximum atomic E-state index is 12.4. The molecule has 1 aromatic carbocycles. The van der Waals surface area contributed by atoms with Crippen molar-refractivity contribution in [1.29, 1.82) is 0 Å². The molecule has 0 heterocycles. The molecule has 0 saturated carbocycles. The van der Waals surface area contributed by atoms with Crippen molar-refractivity contribution >= 4 is 10.0 Å². The summed E-state index contributed by atoms with van der Waals surface area (Å²) in [5.41, 5.74) is 6.62. The summed E-state index contributed by atoms with van der Waals surface area (Å²) < 4.78 is 26.2. The largest absolute Gasteiger partial charge is 0.324 e. The fourth-order valence-electron chi connectivity index (χ4n) is 1.70. The SMILES string of the molecule is CC(C)CCN(C)S(=O)(=O)c1cccc(C(C)N)c1. The molecular weight excluding hydrogens is 260 g/mol. The minimum absolute atomic E-state index is 0.170. The quantitative estimate of drug-likeness (QED) is 0.872. The van der Waals surface area contributed by atoms with E-state index in [4.69, 9.17) is 5.73 Å². The Morgan fingerprint density at radius 1 is 1.26 bits per heavy atom. The maximum absolute atomic E-state index is 12.4. The summed E-state index contributed by atoms with van der Waals surface area (Å²) in [5.74, 6) is 0.480. The second-order valence-electron chi connectivity index (χ2n) is 5.37. The van der Waals surface area contributed by atoms with E-state index in [1.807, 2.05) is 13.0 Å². The van der Waals surface area contributed by atoms with Gasteiger partial charge in [-0.05, 0) is 37.0 Å².